The van der Waals surface area contributed by atoms with Crippen molar-refractivity contribution in [2.45, 2.75) is 49.7 Å². The highest BCUT2D eigenvalue weighted by molar-refractivity contribution is 8.00. The number of nitrogens with zero attached hydrogens (tertiary/aromatic N) is 1. The number of thioether (sulfide) groups is 1. The molecule has 8 heteroatoms. The molecule has 5 nitrogen and oxygen atoms in total. The summed E-state index contributed by atoms with van der Waals surface area (Å²) in [5.41, 5.74) is 0.910. The Bertz CT molecular complexity index is 887. The van der Waals surface area contributed by atoms with Gasteiger partial charge in [0.25, 0.3) is 5.91 Å². The van der Waals surface area contributed by atoms with Gasteiger partial charge in [-0.15, -0.1) is 11.8 Å². The van der Waals surface area contributed by atoms with Crippen molar-refractivity contribution in [2.24, 2.45) is 0 Å². The molecule has 0 aliphatic heterocycles. The Balaban J connectivity index is 1.60. The number of amides is 2. The summed E-state index contributed by atoms with van der Waals surface area (Å²) in [5, 5.41) is 2.75. The highest BCUT2D eigenvalue weighted by Gasteiger charge is 2.22. The van der Waals surface area contributed by atoms with E-state index in [0.29, 0.717) is 22.2 Å². The van der Waals surface area contributed by atoms with Gasteiger partial charge in [-0.05, 0) is 49.2 Å². The van der Waals surface area contributed by atoms with Gasteiger partial charge in [0.05, 0.1) is 11.3 Å². The van der Waals surface area contributed by atoms with Crippen molar-refractivity contribution in [1.82, 2.24) is 4.90 Å². The molecule has 0 bridgehead atoms. The van der Waals surface area contributed by atoms with Crippen LogP contribution in [0.2, 0.25) is 0 Å². The Morgan fingerprint density at radius 1 is 1.10 bits per heavy atom. The predicted octanol–water partition coefficient (Wildman–Crippen LogP) is 5.42. The maximum absolute atomic E-state index is 12.8. The first kappa shape index (κ1) is 23.1. The summed E-state index contributed by atoms with van der Waals surface area (Å²) in [4.78, 5) is 27.9. The van der Waals surface area contributed by atoms with Crippen LogP contribution in [0.3, 0.4) is 0 Å². The molecule has 31 heavy (non-hydrogen) atoms. The van der Waals surface area contributed by atoms with Crippen LogP contribution in [0.15, 0.2) is 53.4 Å². The number of carbonyl (C=O) groups is 2. The summed E-state index contributed by atoms with van der Waals surface area (Å²) >= 11 is 1.34. The average molecular weight is 449 g/mol. The lowest BCUT2D eigenvalue weighted by Gasteiger charge is -2.31. The second-order valence-electron chi connectivity index (χ2n) is 7.44. The quantitative estimate of drug-likeness (QED) is 0.548. The third-order valence-electron chi connectivity index (χ3n) is 5.34. The summed E-state index contributed by atoms with van der Waals surface area (Å²) in [6, 6.07) is 13.1. The minimum atomic E-state index is -2.90. The number of alkyl halides is 2. The Hall–Kier alpha value is -2.61. The highest BCUT2D eigenvalue weighted by Crippen LogP contribution is 2.26. The first-order valence-electron chi connectivity index (χ1n) is 10.3. The second kappa shape index (κ2) is 11.1. The molecular weight excluding hydrogens is 422 g/mol. The number of nitrogens with one attached hydrogen (secondary N) is 1. The van der Waals surface area contributed by atoms with E-state index in [1.165, 1.54) is 42.4 Å². The van der Waals surface area contributed by atoms with E-state index in [9.17, 15) is 18.4 Å². The van der Waals surface area contributed by atoms with Crippen LogP contribution in [0.4, 0.5) is 14.5 Å². The predicted molar refractivity (Wildman–Crippen MR) is 118 cm³/mol. The molecule has 2 aromatic carbocycles. The van der Waals surface area contributed by atoms with Crippen molar-refractivity contribution in [3.05, 3.63) is 54.1 Å². The summed E-state index contributed by atoms with van der Waals surface area (Å²) in [5.74, 6) is 0.00161. The first-order chi connectivity index (χ1) is 14.9. The number of rotatable bonds is 8. The molecule has 0 spiro atoms. The lowest BCUT2D eigenvalue weighted by molar-refractivity contribution is -0.129. The van der Waals surface area contributed by atoms with Crippen LogP contribution in [0.25, 0.3) is 0 Å². The number of ether oxygens (including phenoxy) is 1. The standard InChI is InChI=1S/C23H26F2N2O3S/c1-27(17-7-3-2-4-8-17)21(28)15-31-20-10-6-5-9-19(20)22(29)26-16-11-13-18(14-12-16)30-23(24)25/h5-6,9-14,17,23H,2-4,7-8,15H2,1H3,(H,26,29). The molecule has 1 saturated carbocycles. The Morgan fingerprint density at radius 2 is 1.77 bits per heavy atom. The minimum absolute atomic E-state index is 0.0181. The Kier molecular flexibility index (Phi) is 8.28. The third kappa shape index (κ3) is 6.69. The molecule has 2 aromatic rings. The largest absolute Gasteiger partial charge is 0.435 e. The van der Waals surface area contributed by atoms with E-state index in [1.807, 2.05) is 24.1 Å². The SMILES string of the molecule is CN(C(=O)CSc1ccccc1C(=O)Nc1ccc(OC(F)F)cc1)C1CCCCC1. The van der Waals surface area contributed by atoms with Gasteiger partial charge in [0.2, 0.25) is 5.91 Å². The fraction of sp³-hybridized carbons (Fsp3) is 0.391. The van der Waals surface area contributed by atoms with Crippen molar-refractivity contribution in [1.29, 1.82) is 0 Å². The summed E-state index contributed by atoms with van der Waals surface area (Å²) in [7, 11) is 1.86. The van der Waals surface area contributed by atoms with Crippen LogP contribution in [0.1, 0.15) is 42.5 Å². The van der Waals surface area contributed by atoms with E-state index in [0.717, 1.165) is 25.7 Å². The molecule has 0 heterocycles. The molecule has 166 valence electrons. The van der Waals surface area contributed by atoms with Crippen LogP contribution in [0.5, 0.6) is 5.75 Å². The molecule has 2 amide bonds. The van der Waals surface area contributed by atoms with E-state index >= 15 is 0 Å². The molecule has 1 fully saturated rings. The smallest absolute Gasteiger partial charge is 0.387 e. The molecule has 0 unspecified atom stereocenters. The van der Waals surface area contributed by atoms with Crippen molar-refractivity contribution in [3.63, 3.8) is 0 Å². The van der Waals surface area contributed by atoms with E-state index in [-0.39, 0.29) is 23.3 Å². The van der Waals surface area contributed by atoms with Gasteiger partial charge < -0.3 is 15.0 Å². The fourth-order valence-electron chi connectivity index (χ4n) is 3.61. The molecular formula is C23H26F2N2O3S. The number of carbonyl (C=O) groups excluding carboxylic acids is 2. The molecule has 0 aromatic heterocycles. The van der Waals surface area contributed by atoms with Crippen LogP contribution in [0, 0.1) is 0 Å². The number of hydrogen-bond donors (Lipinski definition) is 1. The van der Waals surface area contributed by atoms with Gasteiger partial charge in [-0.2, -0.15) is 8.78 Å². The first-order valence-corrected chi connectivity index (χ1v) is 11.3. The van der Waals surface area contributed by atoms with Crippen LogP contribution in [-0.4, -0.2) is 42.2 Å². The van der Waals surface area contributed by atoms with Crippen LogP contribution < -0.4 is 10.1 Å². The molecule has 1 aliphatic rings. The molecule has 1 aliphatic carbocycles. The van der Waals surface area contributed by atoms with Crippen molar-refractivity contribution >= 4 is 29.3 Å². The maximum Gasteiger partial charge on any atom is 0.387 e. The molecule has 0 saturated heterocycles. The normalized spacial score (nSPS) is 14.3. The van der Waals surface area contributed by atoms with E-state index in [2.05, 4.69) is 10.1 Å². The lowest BCUT2D eigenvalue weighted by Crippen LogP contribution is -2.39. The summed E-state index contributed by atoms with van der Waals surface area (Å²) < 4.78 is 28.8. The molecule has 0 atom stereocenters. The average Bonchev–Trinajstić information content (AvgIpc) is 2.78. The van der Waals surface area contributed by atoms with Gasteiger partial charge in [0.15, 0.2) is 0 Å². The number of anilines is 1. The lowest BCUT2D eigenvalue weighted by atomic mass is 9.94. The van der Waals surface area contributed by atoms with E-state index in [4.69, 9.17) is 0 Å². The third-order valence-corrected chi connectivity index (χ3v) is 6.39. The number of benzene rings is 2. The number of hydrogen-bond acceptors (Lipinski definition) is 4. The van der Waals surface area contributed by atoms with Gasteiger partial charge in [0.1, 0.15) is 5.75 Å². The summed E-state index contributed by atoms with van der Waals surface area (Å²) in [6.45, 7) is -2.90. The van der Waals surface area contributed by atoms with Crippen molar-refractivity contribution in [3.8, 4) is 5.75 Å². The monoisotopic (exact) mass is 448 g/mol. The topological polar surface area (TPSA) is 58.6 Å². The molecule has 0 radical (unpaired) electrons. The van der Waals surface area contributed by atoms with Crippen molar-refractivity contribution in [2.75, 3.05) is 18.1 Å². The van der Waals surface area contributed by atoms with Crippen molar-refractivity contribution < 1.29 is 23.1 Å². The number of halogens is 2. The minimum Gasteiger partial charge on any atom is -0.435 e. The highest BCUT2D eigenvalue weighted by atomic mass is 32.2. The Labute approximate surface area is 185 Å². The maximum atomic E-state index is 12.8. The zero-order valence-corrected chi connectivity index (χ0v) is 18.2. The second-order valence-corrected chi connectivity index (χ2v) is 8.46. The zero-order chi connectivity index (χ0) is 22.2. The van der Waals surface area contributed by atoms with Gasteiger partial charge >= 0.3 is 6.61 Å². The van der Waals surface area contributed by atoms with Crippen LogP contribution in [-0.2, 0) is 4.79 Å². The van der Waals surface area contributed by atoms with Crippen LogP contribution >= 0.6 is 11.8 Å². The van der Waals surface area contributed by atoms with E-state index < -0.39 is 6.61 Å². The Morgan fingerprint density at radius 3 is 2.45 bits per heavy atom. The fourth-order valence-corrected chi connectivity index (χ4v) is 4.59. The van der Waals surface area contributed by atoms with E-state index in [1.54, 1.807) is 12.1 Å². The molecule has 1 N–H and O–H groups in total. The van der Waals surface area contributed by atoms with Gasteiger partial charge in [-0.25, -0.2) is 0 Å². The van der Waals surface area contributed by atoms with Gasteiger partial charge in [0, 0.05) is 23.7 Å². The molecule has 3 rings (SSSR count). The zero-order valence-electron chi connectivity index (χ0n) is 17.4. The van der Waals surface area contributed by atoms with Gasteiger partial charge in [-0.3, -0.25) is 9.59 Å². The summed E-state index contributed by atoms with van der Waals surface area (Å²) in [6.07, 6.45) is 5.65. The van der Waals surface area contributed by atoms with Gasteiger partial charge in [-0.1, -0.05) is 31.4 Å².